The molecule has 1 aromatic heterocycles. The van der Waals surface area contributed by atoms with Crippen molar-refractivity contribution in [1.82, 2.24) is 4.98 Å². The number of halogens is 2. The number of hydrogen-bond acceptors (Lipinski definition) is 6. The summed E-state index contributed by atoms with van der Waals surface area (Å²) in [6, 6.07) is 16.9. The van der Waals surface area contributed by atoms with Gasteiger partial charge in [0.05, 0.1) is 16.7 Å². The molecule has 3 aromatic rings. The summed E-state index contributed by atoms with van der Waals surface area (Å²) >= 11 is 5.79. The van der Waals surface area contributed by atoms with E-state index in [0.29, 0.717) is 17.1 Å². The smallest absolute Gasteiger partial charge is 0.391 e. The van der Waals surface area contributed by atoms with Crippen LogP contribution in [0.15, 0.2) is 71.9 Å². The predicted molar refractivity (Wildman–Crippen MR) is 124 cm³/mol. The standard InChI is InChI=1S/C24H22ClFN4O3/c1-24(12-20(32-14-21(27)30-24)15-5-3-2-4-6-15)18-11-17(8-9-19(18)26)29-23(31)33-22-10-7-16(25)13-28-22/h2-11,13,20H,12,14H2,1H3,(H2,27,30)(H,29,31)/t20-,24-/m0/s1. The molecule has 0 saturated carbocycles. The van der Waals surface area contributed by atoms with E-state index in [4.69, 9.17) is 26.8 Å². The lowest BCUT2D eigenvalue weighted by atomic mass is 9.84. The van der Waals surface area contributed by atoms with Crippen LogP contribution >= 0.6 is 11.6 Å². The van der Waals surface area contributed by atoms with Crippen molar-refractivity contribution in [3.8, 4) is 5.88 Å². The number of nitrogens with zero attached hydrogens (tertiary/aromatic N) is 2. The molecule has 3 N–H and O–H groups in total. The van der Waals surface area contributed by atoms with Crippen LogP contribution in [0.1, 0.15) is 30.6 Å². The number of nitrogens with two attached hydrogens (primary N) is 1. The lowest BCUT2D eigenvalue weighted by molar-refractivity contribution is 0.0647. The molecular formula is C24H22ClFN4O3. The fourth-order valence-corrected chi connectivity index (χ4v) is 3.84. The van der Waals surface area contributed by atoms with Crippen molar-refractivity contribution in [2.75, 3.05) is 11.9 Å². The van der Waals surface area contributed by atoms with Crippen LogP contribution in [0.2, 0.25) is 5.02 Å². The van der Waals surface area contributed by atoms with Crippen LogP contribution in [-0.2, 0) is 10.3 Å². The first-order valence-corrected chi connectivity index (χ1v) is 10.6. The summed E-state index contributed by atoms with van der Waals surface area (Å²) in [5.41, 5.74) is 6.59. The van der Waals surface area contributed by atoms with Gasteiger partial charge in [-0.15, -0.1) is 0 Å². The summed E-state index contributed by atoms with van der Waals surface area (Å²) in [7, 11) is 0. The lowest BCUT2D eigenvalue weighted by Gasteiger charge is -2.29. The van der Waals surface area contributed by atoms with Crippen molar-refractivity contribution < 1.29 is 18.7 Å². The molecule has 33 heavy (non-hydrogen) atoms. The topological polar surface area (TPSA) is 98.8 Å². The highest BCUT2D eigenvalue weighted by Crippen LogP contribution is 2.40. The summed E-state index contributed by atoms with van der Waals surface area (Å²) in [5.74, 6) is -0.127. The lowest BCUT2D eigenvalue weighted by Crippen LogP contribution is -2.26. The first-order chi connectivity index (χ1) is 15.8. The Hall–Kier alpha value is -3.49. The zero-order chi connectivity index (χ0) is 23.4. The van der Waals surface area contributed by atoms with Gasteiger partial charge in [0.2, 0.25) is 5.88 Å². The van der Waals surface area contributed by atoms with Crippen molar-refractivity contribution in [1.29, 1.82) is 0 Å². The molecule has 2 aromatic carbocycles. The van der Waals surface area contributed by atoms with Crippen LogP contribution in [0.25, 0.3) is 0 Å². The zero-order valence-electron chi connectivity index (χ0n) is 17.8. The minimum absolute atomic E-state index is 0.0789. The third-order valence-electron chi connectivity index (χ3n) is 5.27. The summed E-state index contributed by atoms with van der Waals surface area (Å²) in [6.45, 7) is 1.93. The molecule has 1 aliphatic rings. The highest BCUT2D eigenvalue weighted by Gasteiger charge is 2.36. The number of amides is 1. The minimum Gasteiger partial charge on any atom is -0.391 e. The number of carbonyl (C=O) groups excluding carboxylic acids is 1. The molecule has 1 amide bonds. The number of aromatic nitrogens is 1. The van der Waals surface area contributed by atoms with E-state index in [1.54, 1.807) is 13.0 Å². The van der Waals surface area contributed by atoms with E-state index in [9.17, 15) is 9.18 Å². The molecule has 2 heterocycles. The molecule has 0 bridgehead atoms. The van der Waals surface area contributed by atoms with Gasteiger partial charge < -0.3 is 15.2 Å². The second-order valence-electron chi connectivity index (χ2n) is 7.82. The number of aliphatic imine (C=N–C) groups is 1. The third-order valence-corrected chi connectivity index (χ3v) is 5.49. The molecule has 170 valence electrons. The molecule has 0 fully saturated rings. The highest BCUT2D eigenvalue weighted by molar-refractivity contribution is 6.30. The van der Waals surface area contributed by atoms with E-state index >= 15 is 0 Å². The maximum atomic E-state index is 15.0. The average Bonchev–Trinajstić information content (AvgIpc) is 2.95. The Kier molecular flexibility index (Phi) is 6.57. The first-order valence-electron chi connectivity index (χ1n) is 10.2. The summed E-state index contributed by atoms with van der Waals surface area (Å²) in [6.07, 6.45) is 0.609. The SMILES string of the molecule is C[C@@]1(c2cc(NC(=O)Oc3ccc(Cl)cn3)ccc2F)C[C@@H](c2ccccc2)OCC(N)=N1. The van der Waals surface area contributed by atoms with Gasteiger partial charge in [0.1, 0.15) is 18.3 Å². The number of benzene rings is 2. The molecule has 7 nitrogen and oxygen atoms in total. The van der Waals surface area contributed by atoms with E-state index in [1.807, 2.05) is 30.3 Å². The van der Waals surface area contributed by atoms with Crippen LogP contribution in [0, 0.1) is 5.82 Å². The van der Waals surface area contributed by atoms with Crippen molar-refractivity contribution >= 4 is 29.2 Å². The van der Waals surface area contributed by atoms with E-state index < -0.39 is 17.4 Å². The van der Waals surface area contributed by atoms with Crippen LogP contribution < -0.4 is 15.8 Å². The molecule has 0 spiro atoms. The number of amidine groups is 1. The van der Waals surface area contributed by atoms with Gasteiger partial charge in [0.15, 0.2) is 0 Å². The molecule has 1 aliphatic heterocycles. The monoisotopic (exact) mass is 468 g/mol. The number of pyridine rings is 1. The largest absolute Gasteiger partial charge is 0.418 e. The Morgan fingerprint density at radius 3 is 2.76 bits per heavy atom. The van der Waals surface area contributed by atoms with E-state index in [2.05, 4.69) is 15.3 Å². The molecule has 0 unspecified atom stereocenters. The number of carbonyl (C=O) groups is 1. The molecule has 0 aliphatic carbocycles. The molecule has 4 rings (SSSR count). The number of hydrogen-bond donors (Lipinski definition) is 2. The normalized spacial score (nSPS) is 20.5. The number of anilines is 1. The average molecular weight is 469 g/mol. The summed E-state index contributed by atoms with van der Waals surface area (Å²) in [4.78, 5) is 20.8. The quantitative estimate of drug-likeness (QED) is 0.547. The van der Waals surface area contributed by atoms with Gasteiger partial charge in [0, 0.05) is 29.9 Å². The number of ether oxygens (including phenoxy) is 2. The zero-order valence-corrected chi connectivity index (χ0v) is 18.6. The van der Waals surface area contributed by atoms with Crippen LogP contribution in [-0.4, -0.2) is 23.5 Å². The van der Waals surface area contributed by atoms with Crippen LogP contribution in [0.5, 0.6) is 5.88 Å². The first kappa shape index (κ1) is 22.7. The second-order valence-corrected chi connectivity index (χ2v) is 8.25. The van der Waals surface area contributed by atoms with Gasteiger partial charge >= 0.3 is 6.09 Å². The predicted octanol–water partition coefficient (Wildman–Crippen LogP) is 5.22. The molecule has 9 heteroatoms. The maximum Gasteiger partial charge on any atom is 0.418 e. The second kappa shape index (κ2) is 9.56. The number of nitrogens with one attached hydrogen (secondary N) is 1. The van der Waals surface area contributed by atoms with Crippen molar-refractivity contribution in [3.05, 3.63) is 88.8 Å². The van der Waals surface area contributed by atoms with Gasteiger partial charge in [-0.25, -0.2) is 14.2 Å². The Labute approximate surface area is 195 Å². The third kappa shape index (κ3) is 5.47. The Bertz CT molecular complexity index is 1170. The Morgan fingerprint density at radius 1 is 1.24 bits per heavy atom. The molecule has 0 radical (unpaired) electrons. The van der Waals surface area contributed by atoms with Gasteiger partial charge in [0.25, 0.3) is 0 Å². The van der Waals surface area contributed by atoms with Crippen molar-refractivity contribution in [3.63, 3.8) is 0 Å². The van der Waals surface area contributed by atoms with Gasteiger partial charge in [-0.3, -0.25) is 10.3 Å². The molecule has 0 saturated heterocycles. The van der Waals surface area contributed by atoms with E-state index in [1.165, 1.54) is 30.5 Å². The Morgan fingerprint density at radius 2 is 2.03 bits per heavy atom. The number of rotatable bonds is 4. The molecular weight excluding hydrogens is 447 g/mol. The summed E-state index contributed by atoms with van der Waals surface area (Å²) < 4.78 is 26.1. The highest BCUT2D eigenvalue weighted by atomic mass is 35.5. The van der Waals surface area contributed by atoms with Crippen molar-refractivity contribution in [2.24, 2.45) is 10.7 Å². The molecule has 2 atom stereocenters. The fourth-order valence-electron chi connectivity index (χ4n) is 3.73. The summed E-state index contributed by atoms with van der Waals surface area (Å²) in [5, 5.41) is 3.00. The van der Waals surface area contributed by atoms with Gasteiger partial charge in [-0.1, -0.05) is 41.9 Å². The van der Waals surface area contributed by atoms with Crippen LogP contribution in [0.3, 0.4) is 0 Å². The van der Waals surface area contributed by atoms with E-state index in [0.717, 1.165) is 5.56 Å². The van der Waals surface area contributed by atoms with Gasteiger partial charge in [-0.05, 0) is 36.8 Å². The maximum absolute atomic E-state index is 15.0. The Balaban J connectivity index is 1.59. The minimum atomic E-state index is -1.02. The van der Waals surface area contributed by atoms with E-state index in [-0.39, 0.29) is 30.0 Å². The van der Waals surface area contributed by atoms with Crippen molar-refractivity contribution in [2.45, 2.75) is 25.0 Å². The fraction of sp³-hybridized carbons (Fsp3) is 0.208. The van der Waals surface area contributed by atoms with Gasteiger partial charge in [-0.2, -0.15) is 0 Å². The van der Waals surface area contributed by atoms with Crippen LogP contribution in [0.4, 0.5) is 14.9 Å².